The zero-order chi connectivity index (χ0) is 7.82. The van der Waals surface area contributed by atoms with Crippen molar-refractivity contribution in [3.63, 3.8) is 0 Å². The van der Waals surface area contributed by atoms with E-state index in [0.29, 0.717) is 13.2 Å². The Labute approximate surface area is 61.9 Å². The molecule has 0 saturated heterocycles. The summed E-state index contributed by atoms with van der Waals surface area (Å²) in [6.45, 7) is 11.0. The summed E-state index contributed by atoms with van der Waals surface area (Å²) in [5.41, 5.74) is 0. The van der Waals surface area contributed by atoms with Crippen LogP contribution < -0.4 is 0 Å². The minimum atomic E-state index is -1.42. The van der Waals surface area contributed by atoms with Crippen molar-refractivity contribution >= 4 is 8.60 Å². The Morgan fingerprint density at radius 2 is 1.80 bits per heavy atom. The van der Waals surface area contributed by atoms with Gasteiger partial charge in [-0.15, -0.1) is 4.62 Å². The summed E-state index contributed by atoms with van der Waals surface area (Å²) in [4.78, 5) is 0. The van der Waals surface area contributed by atoms with E-state index in [4.69, 9.17) is 15.6 Å². The molecule has 0 amide bonds. The molecule has 0 saturated carbocycles. The van der Waals surface area contributed by atoms with Gasteiger partial charge in [-0.25, -0.2) is 0 Å². The Morgan fingerprint density at radius 3 is 2.10 bits per heavy atom. The minimum absolute atomic E-state index is 0.501. The first-order valence-electron chi connectivity index (χ1n) is 2.95. The second-order valence-corrected chi connectivity index (χ2v) is 2.36. The van der Waals surface area contributed by atoms with Crippen LogP contribution in [0.25, 0.3) is 5.01 Å². The van der Waals surface area contributed by atoms with Crippen LogP contribution in [0.2, 0.25) is 0 Å². The fraction of sp³-hybridized carbons (Fsp3) is 0.800. The third-order valence-electron chi connectivity index (χ3n) is 0.577. The van der Waals surface area contributed by atoms with Crippen molar-refractivity contribution in [3.05, 3.63) is 11.6 Å². The third kappa shape index (κ3) is 4.51. The van der Waals surface area contributed by atoms with E-state index >= 15 is 0 Å². The van der Waals surface area contributed by atoms with Gasteiger partial charge in [-0.05, 0) is 18.9 Å². The Balaban J connectivity index is 3.42. The fourth-order valence-corrected chi connectivity index (χ4v) is 0.986. The van der Waals surface area contributed by atoms with Crippen molar-refractivity contribution in [2.24, 2.45) is 0 Å². The van der Waals surface area contributed by atoms with E-state index in [0.717, 1.165) is 0 Å². The van der Waals surface area contributed by atoms with Crippen LogP contribution >= 0.6 is 8.60 Å². The molecule has 0 N–H and O–H groups in total. The lowest BCUT2D eigenvalue weighted by molar-refractivity contribution is 0.205. The molecule has 0 aromatic heterocycles. The smallest absolute Gasteiger partial charge is 0.298 e. The Morgan fingerprint density at radius 1 is 1.30 bits per heavy atom. The summed E-state index contributed by atoms with van der Waals surface area (Å²) in [5.74, 6) is 0. The number of hydrogen-bond acceptors (Lipinski definition) is 3. The van der Waals surface area contributed by atoms with E-state index in [9.17, 15) is 0 Å². The van der Waals surface area contributed by atoms with Crippen LogP contribution in [0.15, 0.2) is 0 Å². The highest BCUT2D eigenvalue weighted by Crippen LogP contribution is 2.39. The van der Waals surface area contributed by atoms with Crippen LogP contribution in [-0.2, 0) is 13.7 Å². The average Bonchev–Trinajstić information content (AvgIpc) is 1.90. The summed E-state index contributed by atoms with van der Waals surface area (Å²) in [7, 11) is -1.42. The molecule has 0 spiro atoms. The molecule has 10 heavy (non-hydrogen) atoms. The predicted molar refractivity (Wildman–Crippen MR) is 37.9 cm³/mol. The summed E-state index contributed by atoms with van der Waals surface area (Å²) in [5, 5.41) is 2.70. The third-order valence-corrected chi connectivity index (χ3v) is 1.73. The monoisotopic (exact) mass is 163 g/mol. The maximum atomic E-state index is 6.35. The molecule has 0 atom stereocenters. The normalized spacial score (nSPS) is 9.40. The molecule has 4 nitrogen and oxygen atoms in total. The van der Waals surface area contributed by atoms with Crippen LogP contribution in [0, 0.1) is 6.57 Å². The van der Waals surface area contributed by atoms with Gasteiger partial charge in [0.05, 0.1) is 13.2 Å². The molecule has 0 aliphatic heterocycles. The zero-order valence-electron chi connectivity index (χ0n) is 6.03. The van der Waals surface area contributed by atoms with Crippen molar-refractivity contribution in [1.82, 2.24) is 0 Å². The van der Waals surface area contributed by atoms with Crippen molar-refractivity contribution in [2.75, 3.05) is 13.2 Å². The summed E-state index contributed by atoms with van der Waals surface area (Å²) in [6, 6.07) is 0. The first-order valence-corrected chi connectivity index (χ1v) is 4.04. The van der Waals surface area contributed by atoms with E-state index in [-0.39, 0.29) is 0 Å². The van der Waals surface area contributed by atoms with Gasteiger partial charge in [0.15, 0.2) is 0 Å². The molecule has 0 aromatic carbocycles. The molecule has 5 heteroatoms. The van der Waals surface area contributed by atoms with Crippen molar-refractivity contribution in [2.45, 2.75) is 13.8 Å². The van der Waals surface area contributed by atoms with Crippen molar-refractivity contribution in [1.29, 1.82) is 0 Å². The van der Waals surface area contributed by atoms with Gasteiger partial charge in [0, 0.05) is 0 Å². The molecule has 58 valence electrons. The van der Waals surface area contributed by atoms with E-state index < -0.39 is 8.60 Å². The molecule has 0 rings (SSSR count). The standard InChI is InChI=1S/C5H10NO3P/c1-4-7-10(8-5-2)9-6-3/h4-5H2,1-2H3. The first-order chi connectivity index (χ1) is 4.85. The molecule has 0 aromatic rings. The van der Waals surface area contributed by atoms with Gasteiger partial charge in [0.25, 0.3) is 0 Å². The maximum Gasteiger partial charge on any atom is 0.487 e. The second kappa shape index (κ2) is 6.76. The quantitative estimate of drug-likeness (QED) is 0.353. The Kier molecular flexibility index (Phi) is 6.51. The Bertz CT molecular complexity index is 108. The zero-order valence-corrected chi connectivity index (χ0v) is 6.93. The summed E-state index contributed by atoms with van der Waals surface area (Å²) < 4.78 is 14.3. The van der Waals surface area contributed by atoms with Gasteiger partial charge < -0.3 is 0 Å². The van der Waals surface area contributed by atoms with Crippen LogP contribution in [0.4, 0.5) is 0 Å². The molecule has 0 aliphatic carbocycles. The van der Waals surface area contributed by atoms with E-state index in [1.165, 1.54) is 0 Å². The lowest BCUT2D eigenvalue weighted by Crippen LogP contribution is -1.90. The Hall–Kier alpha value is -0.360. The number of nitrogens with zero attached hydrogens (tertiary/aromatic N) is 1. The van der Waals surface area contributed by atoms with Gasteiger partial charge in [0.2, 0.25) is 0 Å². The average molecular weight is 163 g/mol. The van der Waals surface area contributed by atoms with Crippen LogP contribution in [0.5, 0.6) is 0 Å². The molecule has 0 unspecified atom stereocenters. The highest BCUT2D eigenvalue weighted by atomic mass is 31.2. The SMILES string of the molecule is [C-]#[N+]OP(OCC)OCC. The molecular formula is C5H10NO3P. The van der Waals surface area contributed by atoms with E-state index in [2.05, 4.69) is 9.63 Å². The van der Waals surface area contributed by atoms with E-state index in [1.54, 1.807) is 0 Å². The molecule has 0 aliphatic rings. The highest BCUT2D eigenvalue weighted by Gasteiger charge is 2.15. The molecule has 0 bridgehead atoms. The predicted octanol–water partition coefficient (Wildman–Crippen LogP) is 2.14. The van der Waals surface area contributed by atoms with Gasteiger partial charge >= 0.3 is 8.60 Å². The van der Waals surface area contributed by atoms with Gasteiger partial charge in [-0.3, -0.25) is 9.05 Å². The molecule has 0 radical (unpaired) electrons. The van der Waals surface area contributed by atoms with Crippen molar-refractivity contribution in [3.8, 4) is 0 Å². The minimum Gasteiger partial charge on any atom is -0.298 e. The lowest BCUT2D eigenvalue weighted by Gasteiger charge is -2.04. The van der Waals surface area contributed by atoms with Gasteiger partial charge in [-0.2, -0.15) is 6.57 Å². The molecule has 0 heterocycles. The number of rotatable bonds is 5. The van der Waals surface area contributed by atoms with Crippen LogP contribution in [0.1, 0.15) is 13.8 Å². The van der Waals surface area contributed by atoms with Crippen molar-refractivity contribution < 1.29 is 13.7 Å². The first kappa shape index (κ1) is 9.64. The highest BCUT2D eigenvalue weighted by molar-refractivity contribution is 7.41. The largest absolute Gasteiger partial charge is 0.487 e. The van der Waals surface area contributed by atoms with Crippen LogP contribution in [-0.4, -0.2) is 13.2 Å². The topological polar surface area (TPSA) is 32.0 Å². The summed E-state index contributed by atoms with van der Waals surface area (Å²) >= 11 is 0. The maximum absolute atomic E-state index is 6.35. The van der Waals surface area contributed by atoms with Gasteiger partial charge in [-0.1, -0.05) is 0 Å². The fourth-order valence-electron chi connectivity index (χ4n) is 0.329. The second-order valence-electron chi connectivity index (χ2n) is 1.23. The van der Waals surface area contributed by atoms with Gasteiger partial charge in [0.1, 0.15) is 0 Å². The number of hydrogen-bond donors (Lipinski definition) is 0. The summed E-state index contributed by atoms with van der Waals surface area (Å²) in [6.07, 6.45) is 0. The van der Waals surface area contributed by atoms with E-state index in [1.807, 2.05) is 13.8 Å². The molecular weight excluding hydrogens is 153 g/mol. The molecule has 0 fully saturated rings. The lowest BCUT2D eigenvalue weighted by atomic mass is 10.9. The van der Waals surface area contributed by atoms with Crippen LogP contribution in [0.3, 0.4) is 0 Å².